The number of aryl methyl sites for hydroxylation is 4. The first-order valence-corrected chi connectivity index (χ1v) is 28.7. The molecular weight excluding hydrogens is 847 g/mol. The molecule has 0 aromatic heterocycles. The third-order valence-electron chi connectivity index (χ3n) is 12.0. The molecule has 0 radical (unpaired) electrons. The molecule has 9 heteroatoms. The van der Waals surface area contributed by atoms with Crippen LogP contribution >= 0.6 is 15.6 Å². The van der Waals surface area contributed by atoms with Crippen LogP contribution in [0.3, 0.4) is 0 Å². The van der Waals surface area contributed by atoms with E-state index in [2.05, 4.69) is 27.7 Å². The van der Waals surface area contributed by atoms with E-state index in [4.69, 9.17) is 22.4 Å². The molecule has 4 aromatic carbocycles. The van der Waals surface area contributed by atoms with Crippen molar-refractivity contribution < 1.29 is 31.5 Å². The van der Waals surface area contributed by atoms with Gasteiger partial charge in [0.05, 0.1) is 0 Å². The van der Waals surface area contributed by atoms with E-state index < -0.39 is 15.6 Å². The van der Waals surface area contributed by atoms with E-state index in [1.54, 1.807) is 48.5 Å². The lowest BCUT2D eigenvalue weighted by atomic mass is 10.1. The van der Waals surface area contributed by atoms with Gasteiger partial charge in [0.15, 0.2) is 0 Å². The Balaban J connectivity index is 1.56. The zero-order valence-electron chi connectivity index (χ0n) is 40.8. The molecule has 0 spiro atoms. The maximum atomic E-state index is 15.0. The third-order valence-corrected chi connectivity index (χ3v) is 15.4. The van der Waals surface area contributed by atoms with E-state index in [1.165, 1.54) is 128 Å². The summed E-state index contributed by atoms with van der Waals surface area (Å²) in [6.07, 6.45) is 33.0. The first-order chi connectivity index (χ1) is 31.7. The van der Waals surface area contributed by atoms with Gasteiger partial charge < -0.3 is 18.1 Å². The number of rotatable bonds is 38. The van der Waals surface area contributed by atoms with Crippen LogP contribution in [0.1, 0.15) is 204 Å². The number of unbranched alkanes of at least 4 members (excludes halogenated alkanes) is 20. The van der Waals surface area contributed by atoms with Crippen molar-refractivity contribution in [1.82, 2.24) is 0 Å². The highest BCUT2D eigenvalue weighted by Gasteiger charge is 2.46. The molecule has 4 aromatic rings. The van der Waals surface area contributed by atoms with E-state index in [0.717, 1.165) is 73.6 Å². The van der Waals surface area contributed by atoms with Gasteiger partial charge >= 0.3 is 15.6 Å². The smallest absolute Gasteiger partial charge is 0.395 e. The zero-order valence-corrected chi connectivity index (χ0v) is 42.6. The van der Waals surface area contributed by atoms with Crippen molar-refractivity contribution >= 4 is 15.6 Å². The predicted octanol–water partition coefficient (Wildman–Crippen LogP) is 19.1. The van der Waals surface area contributed by atoms with Gasteiger partial charge in [-0.1, -0.05) is 205 Å². The normalized spacial score (nSPS) is 11.8. The highest BCUT2D eigenvalue weighted by atomic mass is 31.3. The van der Waals surface area contributed by atoms with E-state index in [-0.39, 0.29) is 23.0 Å². The Hall–Kier alpha value is -3.50. The van der Waals surface area contributed by atoms with Gasteiger partial charge in [-0.05, 0) is 122 Å². The van der Waals surface area contributed by atoms with Crippen LogP contribution in [-0.4, -0.2) is 0 Å². The molecule has 0 bridgehead atoms. The molecule has 0 atom stereocenters. The Kier molecular flexibility index (Phi) is 26.8. The zero-order chi connectivity index (χ0) is 46.3. The number of benzene rings is 4. The average Bonchev–Trinajstić information content (AvgIpc) is 3.30. The molecule has 0 saturated heterocycles. The molecule has 0 aliphatic carbocycles. The first kappa shape index (κ1) is 54.1. The molecule has 0 amide bonds. The lowest BCUT2D eigenvalue weighted by Crippen LogP contribution is -2.10. The van der Waals surface area contributed by atoms with Gasteiger partial charge in [0.1, 0.15) is 23.0 Å². The number of phosphoric acid groups is 2. The second-order valence-corrected chi connectivity index (χ2v) is 21.2. The Morgan fingerprint density at radius 1 is 0.277 bits per heavy atom. The van der Waals surface area contributed by atoms with Crippen LogP contribution in [0.4, 0.5) is 0 Å². The Labute approximate surface area is 395 Å². The first-order valence-electron chi connectivity index (χ1n) is 25.8. The fraction of sp³-hybridized carbons (Fsp3) is 0.571. The Morgan fingerprint density at radius 3 is 0.662 bits per heavy atom. The third kappa shape index (κ3) is 23.2. The van der Waals surface area contributed by atoms with Gasteiger partial charge in [-0.25, -0.2) is 9.13 Å². The van der Waals surface area contributed by atoms with Crippen molar-refractivity contribution in [2.45, 2.75) is 207 Å². The molecule has 0 heterocycles. The molecule has 0 aliphatic rings. The number of phosphoric ester groups is 2. The summed E-state index contributed by atoms with van der Waals surface area (Å²) >= 11 is 0. The van der Waals surface area contributed by atoms with Crippen molar-refractivity contribution in [3.8, 4) is 23.0 Å². The monoisotopic (exact) mass is 931 g/mol. The van der Waals surface area contributed by atoms with Crippen LogP contribution < -0.4 is 18.1 Å². The van der Waals surface area contributed by atoms with Crippen LogP contribution in [0, 0.1) is 0 Å². The van der Waals surface area contributed by atoms with Gasteiger partial charge in [0.25, 0.3) is 0 Å². The van der Waals surface area contributed by atoms with E-state index in [0.29, 0.717) is 0 Å². The maximum Gasteiger partial charge on any atom is 0.598 e. The molecule has 0 saturated carbocycles. The molecule has 0 aliphatic heterocycles. The quantitative estimate of drug-likeness (QED) is 0.0327. The SMILES string of the molecule is CCCCCCCCc1ccc(OP(=O)(Oc2ccc(CCCCCCCC)cc2)OP(=O)(Oc2ccc(CCCCCCCC)cc2)Oc2ccc(CCCCCCCC)cc2)cc1. The Bertz CT molecular complexity index is 1630. The van der Waals surface area contributed by atoms with E-state index in [1.807, 2.05) is 48.5 Å². The van der Waals surface area contributed by atoms with Gasteiger partial charge in [-0.15, -0.1) is 4.31 Å². The summed E-state index contributed by atoms with van der Waals surface area (Å²) in [5.74, 6) is 1.02. The summed E-state index contributed by atoms with van der Waals surface area (Å²) in [7, 11) is -9.50. The van der Waals surface area contributed by atoms with Crippen LogP contribution in [0.25, 0.3) is 0 Å². The lowest BCUT2D eigenvalue weighted by molar-refractivity contribution is 0.243. The van der Waals surface area contributed by atoms with Gasteiger partial charge in [0, 0.05) is 0 Å². The molecular formula is C56H84O7P2. The van der Waals surface area contributed by atoms with Crippen LogP contribution in [-0.2, 0) is 39.1 Å². The summed E-state index contributed by atoms with van der Waals surface area (Å²) in [6.45, 7) is 8.93. The molecule has 65 heavy (non-hydrogen) atoms. The second-order valence-electron chi connectivity index (χ2n) is 18.0. The minimum atomic E-state index is -4.75. The summed E-state index contributed by atoms with van der Waals surface area (Å²) in [5, 5.41) is 0. The topological polar surface area (TPSA) is 80.3 Å². The maximum absolute atomic E-state index is 15.0. The summed E-state index contributed by atoms with van der Waals surface area (Å²) in [5.41, 5.74) is 4.62. The largest absolute Gasteiger partial charge is 0.598 e. The van der Waals surface area contributed by atoms with Crippen molar-refractivity contribution in [3.63, 3.8) is 0 Å². The van der Waals surface area contributed by atoms with Crippen LogP contribution in [0.5, 0.6) is 23.0 Å². The lowest BCUT2D eigenvalue weighted by Gasteiger charge is -2.24. The molecule has 0 N–H and O–H groups in total. The fourth-order valence-electron chi connectivity index (χ4n) is 8.05. The van der Waals surface area contributed by atoms with Crippen molar-refractivity contribution in [2.24, 2.45) is 0 Å². The van der Waals surface area contributed by atoms with E-state index in [9.17, 15) is 0 Å². The highest BCUT2D eigenvalue weighted by molar-refractivity contribution is 7.63. The molecule has 0 fully saturated rings. The standard InChI is InChI=1S/C56H84O7P2/c1-5-9-13-17-21-25-29-49-33-41-53(42-34-49)59-64(57,60-54-43-35-50(36-44-54)30-26-22-18-14-10-6-2)63-65(58,61-55-45-37-51(38-46-55)31-27-23-19-15-11-7-3)62-56-47-39-52(40-48-56)32-28-24-20-16-12-8-4/h33-48H,5-32H2,1-4H3. The summed E-state index contributed by atoms with van der Waals surface area (Å²) < 4.78 is 60.6. The molecule has 360 valence electrons. The van der Waals surface area contributed by atoms with E-state index >= 15 is 9.13 Å². The van der Waals surface area contributed by atoms with Gasteiger partial charge in [-0.3, -0.25) is 0 Å². The Morgan fingerprint density at radius 2 is 0.462 bits per heavy atom. The minimum Gasteiger partial charge on any atom is -0.395 e. The number of hydrogen-bond donors (Lipinski definition) is 0. The van der Waals surface area contributed by atoms with Crippen LogP contribution in [0.2, 0.25) is 0 Å². The summed E-state index contributed by atoms with van der Waals surface area (Å²) in [4.78, 5) is 0. The van der Waals surface area contributed by atoms with Crippen molar-refractivity contribution in [1.29, 1.82) is 0 Å². The molecule has 4 rings (SSSR count). The van der Waals surface area contributed by atoms with Crippen molar-refractivity contribution in [2.75, 3.05) is 0 Å². The van der Waals surface area contributed by atoms with Gasteiger partial charge in [-0.2, -0.15) is 0 Å². The molecule has 0 unspecified atom stereocenters. The van der Waals surface area contributed by atoms with Gasteiger partial charge in [0.2, 0.25) is 0 Å². The average molecular weight is 931 g/mol. The fourth-order valence-corrected chi connectivity index (χ4v) is 11.2. The number of hydrogen-bond acceptors (Lipinski definition) is 7. The predicted molar refractivity (Wildman–Crippen MR) is 273 cm³/mol. The van der Waals surface area contributed by atoms with Crippen LogP contribution in [0.15, 0.2) is 97.1 Å². The van der Waals surface area contributed by atoms with Crippen molar-refractivity contribution in [3.05, 3.63) is 119 Å². The second kappa shape index (κ2) is 32.2. The summed E-state index contributed by atoms with van der Waals surface area (Å²) in [6, 6.07) is 29.8. The molecule has 7 nitrogen and oxygen atoms in total. The minimum absolute atomic E-state index is 0.254. The highest BCUT2D eigenvalue weighted by Crippen LogP contribution is 2.64.